The number of hydrogen-bond acceptors (Lipinski definition) is 3. The highest BCUT2D eigenvalue weighted by Gasteiger charge is 2.15. The summed E-state index contributed by atoms with van der Waals surface area (Å²) in [6.07, 6.45) is 1.02. The van der Waals surface area contributed by atoms with Crippen LogP contribution in [0.3, 0.4) is 0 Å². The largest absolute Gasteiger partial charge is 0.385 e. The Kier molecular flexibility index (Phi) is 3.58. The van der Waals surface area contributed by atoms with Gasteiger partial charge in [-0.05, 0) is 24.6 Å². The van der Waals surface area contributed by atoms with Crippen LogP contribution in [0.2, 0.25) is 0 Å². The molecule has 1 unspecified atom stereocenters. The number of ether oxygens (including phenoxy) is 1. The minimum Gasteiger partial charge on any atom is -0.385 e. The maximum Gasteiger partial charge on any atom is 0.251 e. The van der Waals surface area contributed by atoms with Crippen LogP contribution in [0.4, 0.5) is 10.1 Å². The van der Waals surface area contributed by atoms with Crippen LogP contribution < -0.4 is 11.1 Å². The summed E-state index contributed by atoms with van der Waals surface area (Å²) in [5, 5.41) is 3.15. The van der Waals surface area contributed by atoms with E-state index in [1.807, 2.05) is 0 Å². The van der Waals surface area contributed by atoms with Gasteiger partial charge in [0.2, 0.25) is 0 Å². The summed E-state index contributed by atoms with van der Waals surface area (Å²) in [6, 6.07) is 4.28. The molecule has 1 aliphatic rings. The number of carbonyl (C=O) groups is 1. The maximum atomic E-state index is 13.2. The van der Waals surface area contributed by atoms with Crippen LogP contribution in [-0.2, 0) is 4.74 Å². The molecule has 5 heteroatoms. The van der Waals surface area contributed by atoms with Gasteiger partial charge in [0.25, 0.3) is 5.91 Å². The van der Waals surface area contributed by atoms with Crippen molar-refractivity contribution in [2.45, 2.75) is 6.42 Å². The minimum absolute atomic E-state index is 0.0855. The van der Waals surface area contributed by atoms with Crippen molar-refractivity contribution in [3.8, 4) is 0 Å². The summed E-state index contributed by atoms with van der Waals surface area (Å²) in [4.78, 5) is 11.0. The number of anilines is 1. The van der Waals surface area contributed by atoms with Crippen molar-refractivity contribution in [2.75, 3.05) is 25.1 Å². The van der Waals surface area contributed by atoms with E-state index in [9.17, 15) is 9.18 Å². The van der Waals surface area contributed by atoms with E-state index in [4.69, 9.17) is 10.5 Å². The summed E-state index contributed by atoms with van der Waals surface area (Å²) in [5.41, 5.74) is 5.69. The van der Waals surface area contributed by atoms with Crippen molar-refractivity contribution < 1.29 is 13.9 Å². The van der Waals surface area contributed by atoms with Gasteiger partial charge in [-0.25, -0.2) is 4.39 Å². The molecule has 0 saturated carbocycles. The van der Waals surface area contributed by atoms with E-state index < -0.39 is 11.7 Å². The lowest BCUT2D eigenvalue weighted by atomic mass is 10.1. The summed E-state index contributed by atoms with van der Waals surface area (Å²) >= 11 is 0. The van der Waals surface area contributed by atoms with E-state index in [-0.39, 0.29) is 5.56 Å². The highest BCUT2D eigenvalue weighted by molar-refractivity contribution is 5.94. The maximum absolute atomic E-state index is 13.2. The van der Waals surface area contributed by atoms with Gasteiger partial charge in [-0.2, -0.15) is 0 Å². The average molecular weight is 238 g/mol. The Morgan fingerprint density at radius 3 is 3.06 bits per heavy atom. The zero-order chi connectivity index (χ0) is 12.3. The SMILES string of the molecule is NC(=O)c1cc(NCC2CCOC2)ccc1F. The first-order chi connectivity index (χ1) is 8.16. The highest BCUT2D eigenvalue weighted by atomic mass is 19.1. The van der Waals surface area contributed by atoms with Gasteiger partial charge in [-0.1, -0.05) is 0 Å². The van der Waals surface area contributed by atoms with E-state index >= 15 is 0 Å². The lowest BCUT2D eigenvalue weighted by molar-refractivity contribution is 0.0996. The topological polar surface area (TPSA) is 64.4 Å². The van der Waals surface area contributed by atoms with Crippen LogP contribution >= 0.6 is 0 Å². The number of carbonyl (C=O) groups excluding carboxylic acids is 1. The Balaban J connectivity index is 2.00. The Morgan fingerprint density at radius 2 is 2.41 bits per heavy atom. The fourth-order valence-corrected chi connectivity index (χ4v) is 1.83. The van der Waals surface area contributed by atoms with Crippen LogP contribution in [0.1, 0.15) is 16.8 Å². The Bertz CT molecular complexity index is 417. The van der Waals surface area contributed by atoms with Gasteiger partial charge >= 0.3 is 0 Å². The lowest BCUT2D eigenvalue weighted by Gasteiger charge is -2.11. The van der Waals surface area contributed by atoms with Crippen molar-refractivity contribution in [2.24, 2.45) is 11.7 Å². The third-order valence-corrected chi connectivity index (χ3v) is 2.85. The summed E-state index contributed by atoms with van der Waals surface area (Å²) in [5.74, 6) is -0.875. The standard InChI is InChI=1S/C12H15FN2O2/c13-11-2-1-9(5-10(11)12(14)16)15-6-8-3-4-17-7-8/h1-2,5,8,15H,3-4,6-7H2,(H2,14,16). The van der Waals surface area contributed by atoms with Gasteiger partial charge in [0.1, 0.15) is 5.82 Å². The number of amides is 1. The van der Waals surface area contributed by atoms with Crippen LogP contribution in [0.25, 0.3) is 0 Å². The molecular formula is C12H15FN2O2. The van der Waals surface area contributed by atoms with Crippen molar-refractivity contribution >= 4 is 11.6 Å². The molecule has 1 fully saturated rings. The van der Waals surface area contributed by atoms with Crippen molar-refractivity contribution in [3.63, 3.8) is 0 Å². The van der Waals surface area contributed by atoms with Crippen LogP contribution in [0, 0.1) is 11.7 Å². The van der Waals surface area contributed by atoms with Crippen molar-refractivity contribution in [1.29, 1.82) is 0 Å². The first-order valence-corrected chi connectivity index (χ1v) is 5.58. The molecule has 1 aromatic rings. The lowest BCUT2D eigenvalue weighted by Crippen LogP contribution is -2.16. The van der Waals surface area contributed by atoms with Gasteiger partial charge in [-0.3, -0.25) is 4.79 Å². The zero-order valence-corrected chi connectivity index (χ0v) is 9.41. The molecule has 17 heavy (non-hydrogen) atoms. The van der Waals surface area contributed by atoms with E-state index in [0.717, 1.165) is 26.2 Å². The molecule has 4 nitrogen and oxygen atoms in total. The summed E-state index contributed by atoms with van der Waals surface area (Å²) in [6.45, 7) is 2.29. The number of halogens is 1. The van der Waals surface area contributed by atoms with Gasteiger partial charge in [0, 0.05) is 24.8 Å². The molecule has 2 rings (SSSR count). The van der Waals surface area contributed by atoms with Gasteiger partial charge in [-0.15, -0.1) is 0 Å². The second-order valence-electron chi connectivity index (χ2n) is 4.17. The van der Waals surface area contributed by atoms with Crippen molar-refractivity contribution in [1.82, 2.24) is 0 Å². The molecule has 0 bridgehead atoms. The number of rotatable bonds is 4. The van der Waals surface area contributed by atoms with Crippen LogP contribution in [-0.4, -0.2) is 25.7 Å². The van der Waals surface area contributed by atoms with E-state index in [2.05, 4.69) is 5.32 Å². The Morgan fingerprint density at radius 1 is 1.59 bits per heavy atom. The number of hydrogen-bond donors (Lipinski definition) is 2. The predicted octanol–water partition coefficient (Wildman–Crippen LogP) is 1.37. The first-order valence-electron chi connectivity index (χ1n) is 5.58. The molecule has 1 atom stereocenters. The fourth-order valence-electron chi connectivity index (χ4n) is 1.83. The van der Waals surface area contributed by atoms with Gasteiger partial charge in [0.15, 0.2) is 0 Å². The summed E-state index contributed by atoms with van der Waals surface area (Å²) in [7, 11) is 0. The zero-order valence-electron chi connectivity index (χ0n) is 9.41. The molecule has 0 aliphatic carbocycles. The second-order valence-corrected chi connectivity index (χ2v) is 4.17. The van der Waals surface area contributed by atoms with Crippen LogP contribution in [0.5, 0.6) is 0 Å². The molecule has 0 aromatic heterocycles. The molecule has 1 aliphatic heterocycles. The second kappa shape index (κ2) is 5.14. The normalized spacial score (nSPS) is 19.2. The highest BCUT2D eigenvalue weighted by Crippen LogP contribution is 2.17. The smallest absolute Gasteiger partial charge is 0.251 e. The van der Waals surface area contributed by atoms with Gasteiger partial charge in [0.05, 0.1) is 12.2 Å². The molecule has 1 heterocycles. The number of nitrogens with two attached hydrogens (primary N) is 1. The van der Waals surface area contributed by atoms with Crippen LogP contribution in [0.15, 0.2) is 18.2 Å². The van der Waals surface area contributed by atoms with Crippen molar-refractivity contribution in [3.05, 3.63) is 29.6 Å². The van der Waals surface area contributed by atoms with E-state index in [0.29, 0.717) is 11.6 Å². The Hall–Kier alpha value is -1.62. The molecule has 1 aromatic carbocycles. The minimum atomic E-state index is -0.754. The number of primary amides is 1. The quantitative estimate of drug-likeness (QED) is 0.832. The number of nitrogens with one attached hydrogen (secondary N) is 1. The average Bonchev–Trinajstić information content (AvgIpc) is 2.80. The molecule has 3 N–H and O–H groups in total. The molecule has 92 valence electrons. The molecule has 1 saturated heterocycles. The molecule has 0 radical (unpaired) electrons. The van der Waals surface area contributed by atoms with E-state index in [1.54, 1.807) is 6.07 Å². The molecule has 1 amide bonds. The molecule has 0 spiro atoms. The predicted molar refractivity (Wildman–Crippen MR) is 62.3 cm³/mol. The summed E-state index contributed by atoms with van der Waals surface area (Å²) < 4.78 is 18.5. The number of benzene rings is 1. The third kappa shape index (κ3) is 2.94. The third-order valence-electron chi connectivity index (χ3n) is 2.85. The fraction of sp³-hybridized carbons (Fsp3) is 0.417. The van der Waals surface area contributed by atoms with E-state index in [1.165, 1.54) is 12.1 Å². The van der Waals surface area contributed by atoms with Gasteiger partial charge < -0.3 is 15.8 Å². The first kappa shape index (κ1) is 11.9. The Labute approximate surface area is 98.9 Å². The monoisotopic (exact) mass is 238 g/mol. The molecular weight excluding hydrogens is 223 g/mol.